The average Bonchev–Trinajstić information content (AvgIpc) is 2.04. The Morgan fingerprint density at radius 3 is 2.55 bits per heavy atom. The first kappa shape index (κ1) is 7.66. The minimum absolute atomic E-state index is 0.301. The van der Waals surface area contributed by atoms with Gasteiger partial charge in [0.25, 0.3) is 0 Å². The van der Waals surface area contributed by atoms with Gasteiger partial charge in [-0.15, -0.1) is 0 Å². The molecule has 0 fully saturated rings. The van der Waals surface area contributed by atoms with Gasteiger partial charge in [-0.2, -0.15) is 0 Å². The van der Waals surface area contributed by atoms with Crippen molar-refractivity contribution in [2.75, 3.05) is 5.23 Å². The topological polar surface area (TPSA) is 49.3 Å². The van der Waals surface area contributed by atoms with Crippen LogP contribution in [0, 0.1) is 0 Å². The summed E-state index contributed by atoms with van der Waals surface area (Å²) in [5.74, 6) is -0.907. The number of hydrogen-bond acceptors (Lipinski definition) is 2. The van der Waals surface area contributed by atoms with Gasteiger partial charge >= 0.3 is 5.97 Å². The Bertz CT molecular complexity index is 275. The maximum Gasteiger partial charge on any atom is 0.337 e. The summed E-state index contributed by atoms with van der Waals surface area (Å²) in [4.78, 5) is 10.5. The highest BCUT2D eigenvalue weighted by Crippen LogP contribution is 2.12. The molecule has 2 N–H and O–H groups in total. The number of carbonyl (C=O) groups is 1. The Labute approximate surface area is 65.5 Å². The second-order valence-corrected chi connectivity index (χ2v) is 2.10. The summed E-state index contributed by atoms with van der Waals surface area (Å²) in [6.07, 6.45) is 0. The largest absolute Gasteiger partial charge is 0.478 e. The molecule has 1 rings (SSSR count). The molecular formula is C7H8BNO2. The number of carboxylic acid groups (broad SMARTS) is 1. The molecule has 56 valence electrons. The third-order valence-corrected chi connectivity index (χ3v) is 1.43. The molecular weight excluding hydrogens is 141 g/mol. The zero-order valence-corrected chi connectivity index (χ0v) is 6.16. The molecule has 0 bridgehead atoms. The fourth-order valence-corrected chi connectivity index (χ4v) is 0.888. The van der Waals surface area contributed by atoms with E-state index in [4.69, 9.17) is 5.11 Å². The van der Waals surface area contributed by atoms with Crippen LogP contribution in [0.15, 0.2) is 24.3 Å². The number of nitrogens with one attached hydrogen (secondary N) is 1. The maximum atomic E-state index is 10.5. The van der Waals surface area contributed by atoms with Gasteiger partial charge in [0.15, 0.2) is 0 Å². The van der Waals surface area contributed by atoms with Gasteiger partial charge in [0.05, 0.1) is 5.56 Å². The van der Waals surface area contributed by atoms with Gasteiger partial charge in [-0.3, -0.25) is 0 Å². The predicted octanol–water partition coefficient (Wildman–Crippen LogP) is 0.345. The average molecular weight is 149 g/mol. The van der Waals surface area contributed by atoms with E-state index < -0.39 is 5.97 Å². The van der Waals surface area contributed by atoms with E-state index >= 15 is 0 Å². The Morgan fingerprint density at radius 2 is 2.09 bits per heavy atom. The molecule has 0 heterocycles. The lowest BCUT2D eigenvalue weighted by atomic mass is 10.1. The molecule has 0 unspecified atom stereocenters. The Kier molecular flexibility index (Phi) is 2.16. The molecule has 0 radical (unpaired) electrons. The van der Waals surface area contributed by atoms with Crippen molar-refractivity contribution < 1.29 is 9.90 Å². The van der Waals surface area contributed by atoms with Crippen LogP contribution in [0.3, 0.4) is 0 Å². The van der Waals surface area contributed by atoms with Crippen LogP contribution in [0.4, 0.5) is 5.69 Å². The second kappa shape index (κ2) is 3.10. The number of benzene rings is 1. The zero-order valence-electron chi connectivity index (χ0n) is 6.16. The van der Waals surface area contributed by atoms with Crippen LogP contribution < -0.4 is 5.23 Å². The molecule has 0 aliphatic heterocycles. The lowest BCUT2D eigenvalue weighted by Gasteiger charge is -2.02. The van der Waals surface area contributed by atoms with E-state index in [9.17, 15) is 4.79 Å². The van der Waals surface area contributed by atoms with Crippen LogP contribution in [0.2, 0.25) is 0 Å². The van der Waals surface area contributed by atoms with E-state index in [0.29, 0.717) is 11.3 Å². The molecule has 3 nitrogen and oxygen atoms in total. The quantitative estimate of drug-likeness (QED) is 0.596. The van der Waals surface area contributed by atoms with Crippen molar-refractivity contribution in [3.63, 3.8) is 0 Å². The molecule has 0 saturated carbocycles. The molecule has 1 aromatic carbocycles. The standard InChI is InChI=1S/C7H8BNO2/c8-9-6-4-2-1-3-5(6)7(10)11/h1-4,9H,8H2,(H,10,11). The third-order valence-electron chi connectivity index (χ3n) is 1.43. The van der Waals surface area contributed by atoms with Crippen molar-refractivity contribution in [3.05, 3.63) is 29.8 Å². The molecule has 0 atom stereocenters. The van der Waals surface area contributed by atoms with Crippen LogP contribution in [0.25, 0.3) is 0 Å². The van der Waals surface area contributed by atoms with E-state index in [-0.39, 0.29) is 0 Å². The molecule has 0 aromatic heterocycles. The van der Waals surface area contributed by atoms with Gasteiger partial charge in [-0.25, -0.2) is 4.79 Å². The number of carboxylic acids is 1. The fraction of sp³-hybridized carbons (Fsp3) is 0. The summed E-state index contributed by atoms with van der Waals surface area (Å²) in [6.45, 7) is 0. The van der Waals surface area contributed by atoms with Crippen molar-refractivity contribution in [1.29, 1.82) is 0 Å². The Balaban J connectivity index is 3.12. The van der Waals surface area contributed by atoms with Crippen LogP contribution in [-0.4, -0.2) is 19.1 Å². The number of aromatic carboxylic acids is 1. The molecule has 4 heteroatoms. The van der Waals surface area contributed by atoms with E-state index in [1.54, 1.807) is 32.2 Å². The van der Waals surface area contributed by atoms with E-state index in [1.807, 2.05) is 0 Å². The molecule has 11 heavy (non-hydrogen) atoms. The fourth-order valence-electron chi connectivity index (χ4n) is 0.888. The highest BCUT2D eigenvalue weighted by molar-refractivity contribution is 6.17. The van der Waals surface area contributed by atoms with Gasteiger partial charge < -0.3 is 10.3 Å². The third kappa shape index (κ3) is 1.52. The molecule has 0 aliphatic rings. The molecule has 0 aliphatic carbocycles. The van der Waals surface area contributed by atoms with E-state index in [1.165, 1.54) is 0 Å². The molecule has 0 saturated heterocycles. The molecule has 0 spiro atoms. The normalized spacial score (nSPS) is 9.09. The number of anilines is 1. The monoisotopic (exact) mass is 149 g/mol. The first-order valence-electron chi connectivity index (χ1n) is 3.26. The summed E-state index contributed by atoms with van der Waals surface area (Å²) in [5.41, 5.74) is 0.940. The first-order valence-corrected chi connectivity index (χ1v) is 3.26. The number of para-hydroxylation sites is 1. The minimum Gasteiger partial charge on any atom is -0.478 e. The van der Waals surface area contributed by atoms with E-state index in [2.05, 4.69) is 5.23 Å². The summed E-state index contributed by atoms with van der Waals surface area (Å²) in [5, 5.41) is 11.5. The van der Waals surface area contributed by atoms with Gasteiger partial charge in [-0.05, 0) is 12.1 Å². The van der Waals surface area contributed by atoms with Crippen LogP contribution in [0.1, 0.15) is 10.4 Å². The predicted molar refractivity (Wildman–Crippen MR) is 45.6 cm³/mol. The number of hydrogen-bond donors (Lipinski definition) is 2. The van der Waals surface area contributed by atoms with E-state index in [0.717, 1.165) is 0 Å². The first-order chi connectivity index (χ1) is 5.25. The van der Waals surface area contributed by atoms with Crippen molar-refractivity contribution in [2.24, 2.45) is 0 Å². The molecule has 0 amide bonds. The minimum atomic E-state index is -0.907. The zero-order chi connectivity index (χ0) is 8.27. The lowest BCUT2D eigenvalue weighted by Crippen LogP contribution is -2.02. The smallest absolute Gasteiger partial charge is 0.337 e. The maximum absolute atomic E-state index is 10.5. The molecule has 1 aromatic rings. The van der Waals surface area contributed by atoms with Crippen molar-refractivity contribution >= 4 is 19.6 Å². The van der Waals surface area contributed by atoms with Gasteiger partial charge in [0.1, 0.15) is 0 Å². The Morgan fingerprint density at radius 1 is 1.45 bits per heavy atom. The van der Waals surface area contributed by atoms with Gasteiger partial charge in [0.2, 0.25) is 7.98 Å². The lowest BCUT2D eigenvalue weighted by molar-refractivity contribution is 0.0698. The van der Waals surface area contributed by atoms with Gasteiger partial charge in [0, 0.05) is 5.69 Å². The van der Waals surface area contributed by atoms with Crippen LogP contribution in [0.5, 0.6) is 0 Å². The second-order valence-electron chi connectivity index (χ2n) is 2.10. The van der Waals surface area contributed by atoms with Gasteiger partial charge in [-0.1, -0.05) is 12.1 Å². The SMILES string of the molecule is BNc1ccccc1C(=O)O. The summed E-state index contributed by atoms with van der Waals surface area (Å²) in [7, 11) is 1.70. The van der Waals surface area contributed by atoms with Crippen LogP contribution >= 0.6 is 0 Å². The Hall–Kier alpha value is -1.45. The highest BCUT2D eigenvalue weighted by Gasteiger charge is 2.05. The van der Waals surface area contributed by atoms with Crippen molar-refractivity contribution in [2.45, 2.75) is 0 Å². The summed E-state index contributed by atoms with van der Waals surface area (Å²) in [6, 6.07) is 6.78. The summed E-state index contributed by atoms with van der Waals surface area (Å²) < 4.78 is 0. The number of rotatable bonds is 2. The van der Waals surface area contributed by atoms with Crippen LogP contribution in [-0.2, 0) is 0 Å². The van der Waals surface area contributed by atoms with Crippen molar-refractivity contribution in [1.82, 2.24) is 0 Å². The summed E-state index contributed by atoms with van der Waals surface area (Å²) >= 11 is 0. The highest BCUT2D eigenvalue weighted by atomic mass is 16.4. The van der Waals surface area contributed by atoms with Crippen molar-refractivity contribution in [3.8, 4) is 0 Å².